The van der Waals surface area contributed by atoms with Crippen molar-refractivity contribution in [2.75, 3.05) is 5.75 Å². The number of hydrogen-bond acceptors (Lipinski definition) is 4. The maximum atomic E-state index is 10.9. The number of hydrogen-bond donors (Lipinski definition) is 2. The van der Waals surface area contributed by atoms with Crippen LogP contribution >= 0.6 is 37.5 Å². The fourth-order valence-corrected chi connectivity index (χ4v) is 3.72. The zero-order valence-electron chi connectivity index (χ0n) is 10.3. The van der Waals surface area contributed by atoms with Gasteiger partial charge in [-0.2, -0.15) is 0 Å². The number of carboxylic acid groups (broad SMARTS) is 1. The van der Waals surface area contributed by atoms with E-state index in [0.29, 0.717) is 5.75 Å². The van der Waals surface area contributed by atoms with Crippen LogP contribution in [-0.2, 0) is 15.3 Å². The highest BCUT2D eigenvalue weighted by Gasteiger charge is 2.18. The first-order valence-corrected chi connectivity index (χ1v) is 8.76. The molecular formula is C12H14BrNO3S2. The Hall–Kier alpha value is -0.660. The van der Waals surface area contributed by atoms with Gasteiger partial charge in [0.25, 0.3) is 0 Å². The van der Waals surface area contributed by atoms with Crippen molar-refractivity contribution in [3.05, 3.63) is 34.3 Å². The second-order valence-electron chi connectivity index (χ2n) is 3.76. The lowest BCUT2D eigenvalue weighted by molar-refractivity contribution is -0.140. The summed E-state index contributed by atoms with van der Waals surface area (Å²) in [4.78, 5) is 21.7. The van der Waals surface area contributed by atoms with Crippen molar-refractivity contribution in [1.82, 2.24) is 5.32 Å². The summed E-state index contributed by atoms with van der Waals surface area (Å²) in [6, 6.07) is 7.13. The van der Waals surface area contributed by atoms with Crippen LogP contribution < -0.4 is 5.32 Å². The molecule has 0 radical (unpaired) electrons. The minimum atomic E-state index is -1.01. The van der Waals surface area contributed by atoms with Crippen LogP contribution in [0.1, 0.15) is 12.5 Å². The Morgan fingerprint density at radius 2 is 1.95 bits per heavy atom. The summed E-state index contributed by atoms with van der Waals surface area (Å²) in [7, 11) is 3.01. The van der Waals surface area contributed by atoms with Gasteiger partial charge in [0, 0.05) is 22.9 Å². The van der Waals surface area contributed by atoms with Gasteiger partial charge in [0.1, 0.15) is 6.04 Å². The van der Waals surface area contributed by atoms with Crippen LogP contribution in [0.25, 0.3) is 0 Å². The predicted molar refractivity (Wildman–Crippen MR) is 83.1 cm³/mol. The lowest BCUT2D eigenvalue weighted by Crippen LogP contribution is -2.41. The Bertz CT molecular complexity index is 439. The smallest absolute Gasteiger partial charge is 0.327 e. The van der Waals surface area contributed by atoms with Gasteiger partial charge in [-0.15, -0.1) is 0 Å². The molecule has 0 saturated carbocycles. The third-order valence-electron chi connectivity index (χ3n) is 2.13. The summed E-state index contributed by atoms with van der Waals surface area (Å²) in [6.07, 6.45) is 0. The van der Waals surface area contributed by atoms with Gasteiger partial charge in [-0.1, -0.05) is 49.7 Å². The van der Waals surface area contributed by atoms with Gasteiger partial charge >= 0.3 is 5.97 Å². The van der Waals surface area contributed by atoms with E-state index in [0.717, 1.165) is 10.2 Å². The second kappa shape index (κ2) is 8.50. The first-order valence-electron chi connectivity index (χ1n) is 5.48. The first-order chi connectivity index (χ1) is 8.99. The number of amides is 1. The van der Waals surface area contributed by atoms with E-state index in [-0.39, 0.29) is 5.91 Å². The Morgan fingerprint density at radius 3 is 2.47 bits per heavy atom. The largest absolute Gasteiger partial charge is 0.480 e. The molecule has 0 saturated heterocycles. The molecule has 1 atom stereocenters. The van der Waals surface area contributed by atoms with E-state index in [4.69, 9.17) is 5.11 Å². The molecule has 0 unspecified atom stereocenters. The molecule has 2 N–H and O–H groups in total. The number of carboxylic acids is 1. The molecule has 19 heavy (non-hydrogen) atoms. The normalized spacial score (nSPS) is 11.9. The first kappa shape index (κ1) is 16.4. The molecule has 0 aliphatic carbocycles. The molecule has 1 amide bonds. The van der Waals surface area contributed by atoms with Crippen molar-refractivity contribution < 1.29 is 14.7 Å². The van der Waals surface area contributed by atoms with E-state index in [2.05, 4.69) is 21.2 Å². The number of carbonyl (C=O) groups is 2. The lowest BCUT2D eigenvalue weighted by Gasteiger charge is -2.12. The zero-order chi connectivity index (χ0) is 14.3. The molecule has 1 aromatic carbocycles. The van der Waals surface area contributed by atoms with Crippen molar-refractivity contribution >= 4 is 49.4 Å². The third-order valence-corrected chi connectivity index (χ3v) is 5.01. The average molecular weight is 364 g/mol. The number of rotatable bonds is 7. The third kappa shape index (κ3) is 6.89. The van der Waals surface area contributed by atoms with E-state index in [9.17, 15) is 9.59 Å². The minimum absolute atomic E-state index is 0.328. The molecule has 0 fully saturated rings. The van der Waals surface area contributed by atoms with Crippen LogP contribution in [0.5, 0.6) is 0 Å². The molecule has 0 aromatic heterocycles. The van der Waals surface area contributed by atoms with E-state index < -0.39 is 12.0 Å². The van der Waals surface area contributed by atoms with Gasteiger partial charge in [-0.25, -0.2) is 4.79 Å². The molecule has 7 heteroatoms. The molecule has 1 rings (SSSR count). The van der Waals surface area contributed by atoms with Crippen molar-refractivity contribution in [1.29, 1.82) is 0 Å². The molecule has 0 heterocycles. The van der Waals surface area contributed by atoms with Crippen LogP contribution in [0.15, 0.2) is 28.7 Å². The van der Waals surface area contributed by atoms with Crippen LogP contribution in [0, 0.1) is 0 Å². The number of carbonyl (C=O) groups excluding carboxylic acids is 1. The highest BCUT2D eigenvalue weighted by atomic mass is 79.9. The van der Waals surface area contributed by atoms with Gasteiger partial charge in [0.2, 0.25) is 5.91 Å². The minimum Gasteiger partial charge on any atom is -0.480 e. The maximum absolute atomic E-state index is 10.9. The number of nitrogens with one attached hydrogen (secondary N) is 1. The Balaban J connectivity index is 2.30. The second-order valence-corrected chi connectivity index (χ2v) is 7.19. The monoisotopic (exact) mass is 363 g/mol. The summed E-state index contributed by atoms with van der Waals surface area (Å²) < 4.78 is 1.03. The average Bonchev–Trinajstić information content (AvgIpc) is 2.34. The summed E-state index contributed by atoms with van der Waals surface area (Å²) >= 11 is 3.37. The van der Waals surface area contributed by atoms with Crippen molar-refractivity contribution in [2.24, 2.45) is 0 Å². The summed E-state index contributed by atoms with van der Waals surface area (Å²) in [5.41, 5.74) is 1.17. The predicted octanol–water partition coefficient (Wildman–Crippen LogP) is 2.92. The van der Waals surface area contributed by atoms with Gasteiger partial charge in [-0.3, -0.25) is 4.79 Å². The fourth-order valence-electron chi connectivity index (χ4n) is 1.23. The Morgan fingerprint density at radius 1 is 1.32 bits per heavy atom. The molecular weight excluding hydrogens is 350 g/mol. The van der Waals surface area contributed by atoms with Crippen molar-refractivity contribution in [3.63, 3.8) is 0 Å². The fraction of sp³-hybridized carbons (Fsp3) is 0.333. The van der Waals surface area contributed by atoms with E-state index in [1.807, 2.05) is 24.3 Å². The van der Waals surface area contributed by atoms with E-state index in [1.165, 1.54) is 23.3 Å². The molecule has 0 spiro atoms. The standard InChI is InChI=1S/C12H14BrNO3S2/c1-8(15)14-11(12(16)17)7-19-18-6-9-2-4-10(13)5-3-9/h2-5,11H,6-7H2,1H3,(H,14,15)(H,16,17)/t11-/m0/s1. The summed E-state index contributed by atoms with van der Waals surface area (Å²) in [5, 5.41) is 11.3. The number of benzene rings is 1. The molecule has 4 nitrogen and oxygen atoms in total. The van der Waals surface area contributed by atoms with Crippen LogP contribution in [0.3, 0.4) is 0 Å². The summed E-state index contributed by atoms with van der Waals surface area (Å²) in [5.74, 6) is -0.196. The van der Waals surface area contributed by atoms with Gasteiger partial charge in [0.05, 0.1) is 0 Å². The molecule has 1 aromatic rings. The van der Waals surface area contributed by atoms with Gasteiger partial charge < -0.3 is 10.4 Å². The van der Waals surface area contributed by atoms with Gasteiger partial charge in [-0.05, 0) is 17.7 Å². The lowest BCUT2D eigenvalue weighted by atomic mass is 10.2. The quantitative estimate of drug-likeness (QED) is 0.575. The molecule has 0 aliphatic heterocycles. The van der Waals surface area contributed by atoms with Crippen molar-refractivity contribution in [3.8, 4) is 0 Å². The molecule has 0 bridgehead atoms. The van der Waals surface area contributed by atoms with E-state index >= 15 is 0 Å². The van der Waals surface area contributed by atoms with Gasteiger partial charge in [0.15, 0.2) is 0 Å². The number of aliphatic carboxylic acids is 1. The Kier molecular flexibility index (Phi) is 7.33. The van der Waals surface area contributed by atoms with Crippen LogP contribution in [-0.4, -0.2) is 28.8 Å². The topological polar surface area (TPSA) is 66.4 Å². The zero-order valence-corrected chi connectivity index (χ0v) is 13.5. The van der Waals surface area contributed by atoms with E-state index in [1.54, 1.807) is 10.8 Å². The maximum Gasteiger partial charge on any atom is 0.327 e. The highest BCUT2D eigenvalue weighted by Crippen LogP contribution is 2.27. The summed E-state index contributed by atoms with van der Waals surface area (Å²) in [6.45, 7) is 1.32. The number of halogens is 1. The van der Waals surface area contributed by atoms with Crippen LogP contribution in [0.2, 0.25) is 0 Å². The van der Waals surface area contributed by atoms with Crippen LogP contribution in [0.4, 0.5) is 0 Å². The molecule has 0 aliphatic rings. The SMILES string of the molecule is CC(=O)N[C@@H](CSSCc1ccc(Br)cc1)C(=O)O. The highest BCUT2D eigenvalue weighted by molar-refractivity contribution is 9.10. The molecule has 104 valence electrons. The van der Waals surface area contributed by atoms with Crippen molar-refractivity contribution in [2.45, 2.75) is 18.7 Å². The Labute approximate surface area is 128 Å².